The van der Waals surface area contributed by atoms with Crippen molar-refractivity contribution in [3.8, 4) is 0 Å². The van der Waals surface area contributed by atoms with Crippen molar-refractivity contribution in [2.45, 2.75) is 13.3 Å². The number of amides is 1. The first-order valence-electron chi connectivity index (χ1n) is 7.90. The summed E-state index contributed by atoms with van der Waals surface area (Å²) in [7, 11) is 0. The lowest BCUT2D eigenvalue weighted by Crippen LogP contribution is -2.14. The molecule has 2 aromatic carbocycles. The minimum atomic E-state index is -0.311. The fourth-order valence-corrected chi connectivity index (χ4v) is 2.35. The number of nitrogens with one attached hydrogen (secondary N) is 2. The summed E-state index contributed by atoms with van der Waals surface area (Å²) in [5, 5.41) is 6.49. The van der Waals surface area contributed by atoms with Crippen LogP contribution in [-0.2, 0) is 6.42 Å². The third-order valence-corrected chi connectivity index (χ3v) is 3.86. The van der Waals surface area contributed by atoms with Gasteiger partial charge < -0.3 is 10.6 Å². The lowest BCUT2D eigenvalue weighted by molar-refractivity contribution is 0.102. The molecule has 0 unspecified atom stereocenters. The average molecular weight is 353 g/mol. The summed E-state index contributed by atoms with van der Waals surface area (Å²) >= 11 is 5.84. The third-order valence-electron chi connectivity index (χ3n) is 3.61. The zero-order valence-electron chi connectivity index (χ0n) is 13.7. The Hall–Kier alpha value is -2.92. The standard InChI is InChI=1S/C19H17ClN4O/c1-2-13-3-7-16(8-4-13)23-19-21-12-11-17(24-19)18(25)22-15-9-5-14(20)6-10-15/h3-12H,2H2,1H3,(H,22,25)(H,21,23,24). The second kappa shape index (κ2) is 7.77. The van der Waals surface area contributed by atoms with Gasteiger partial charge in [-0.2, -0.15) is 0 Å². The minimum absolute atomic E-state index is 0.276. The number of nitrogens with zero attached hydrogens (tertiary/aromatic N) is 2. The van der Waals surface area contributed by atoms with E-state index >= 15 is 0 Å². The molecule has 2 N–H and O–H groups in total. The minimum Gasteiger partial charge on any atom is -0.324 e. The SMILES string of the molecule is CCc1ccc(Nc2nccc(C(=O)Nc3ccc(Cl)cc3)n2)cc1. The Kier molecular flexibility index (Phi) is 5.26. The maximum Gasteiger partial charge on any atom is 0.274 e. The number of anilines is 3. The van der Waals surface area contributed by atoms with E-state index in [2.05, 4.69) is 27.5 Å². The lowest BCUT2D eigenvalue weighted by Gasteiger charge is -2.08. The molecule has 1 aromatic heterocycles. The van der Waals surface area contributed by atoms with Gasteiger partial charge in [-0.3, -0.25) is 4.79 Å². The van der Waals surface area contributed by atoms with Crippen molar-refractivity contribution >= 4 is 34.8 Å². The van der Waals surface area contributed by atoms with Gasteiger partial charge in [0.15, 0.2) is 0 Å². The van der Waals surface area contributed by atoms with Crippen molar-refractivity contribution in [1.82, 2.24) is 9.97 Å². The molecular weight excluding hydrogens is 336 g/mol. The highest BCUT2D eigenvalue weighted by Gasteiger charge is 2.09. The molecule has 0 aliphatic rings. The molecule has 0 fully saturated rings. The predicted molar refractivity (Wildman–Crippen MR) is 101 cm³/mol. The number of hydrogen-bond donors (Lipinski definition) is 2. The van der Waals surface area contributed by atoms with Crippen molar-refractivity contribution in [3.05, 3.63) is 77.1 Å². The summed E-state index contributed by atoms with van der Waals surface area (Å²) in [6.07, 6.45) is 2.53. The molecule has 0 saturated carbocycles. The molecule has 0 spiro atoms. The molecule has 5 nitrogen and oxygen atoms in total. The maximum atomic E-state index is 12.3. The van der Waals surface area contributed by atoms with Crippen LogP contribution >= 0.6 is 11.6 Å². The van der Waals surface area contributed by atoms with Gasteiger partial charge in [0.1, 0.15) is 5.69 Å². The molecule has 3 aromatic rings. The van der Waals surface area contributed by atoms with Crippen molar-refractivity contribution in [2.75, 3.05) is 10.6 Å². The Morgan fingerprint density at radius 3 is 2.36 bits per heavy atom. The quantitative estimate of drug-likeness (QED) is 0.699. The average Bonchev–Trinajstić information content (AvgIpc) is 2.64. The summed E-state index contributed by atoms with van der Waals surface area (Å²) in [6, 6.07) is 16.5. The van der Waals surface area contributed by atoms with Crippen LogP contribution in [0, 0.1) is 0 Å². The van der Waals surface area contributed by atoms with Gasteiger partial charge in [0.05, 0.1) is 0 Å². The van der Waals surface area contributed by atoms with E-state index in [1.165, 1.54) is 5.56 Å². The Bertz CT molecular complexity index is 863. The van der Waals surface area contributed by atoms with E-state index in [4.69, 9.17) is 11.6 Å². The van der Waals surface area contributed by atoms with E-state index in [9.17, 15) is 4.79 Å². The van der Waals surface area contributed by atoms with E-state index in [0.717, 1.165) is 12.1 Å². The fourth-order valence-electron chi connectivity index (χ4n) is 2.23. The fraction of sp³-hybridized carbons (Fsp3) is 0.105. The monoisotopic (exact) mass is 352 g/mol. The molecule has 126 valence electrons. The largest absolute Gasteiger partial charge is 0.324 e. The molecule has 1 heterocycles. The van der Waals surface area contributed by atoms with Crippen LogP contribution in [-0.4, -0.2) is 15.9 Å². The smallest absolute Gasteiger partial charge is 0.274 e. The molecule has 3 rings (SSSR count). The number of halogens is 1. The molecular formula is C19H17ClN4O. The summed E-state index contributed by atoms with van der Waals surface area (Å²) in [5.41, 5.74) is 3.05. The lowest BCUT2D eigenvalue weighted by atomic mass is 10.1. The van der Waals surface area contributed by atoms with Crippen LogP contribution in [0.5, 0.6) is 0 Å². The van der Waals surface area contributed by atoms with Gasteiger partial charge in [-0.15, -0.1) is 0 Å². The van der Waals surface area contributed by atoms with E-state index in [0.29, 0.717) is 16.7 Å². The van der Waals surface area contributed by atoms with Gasteiger partial charge in [0.2, 0.25) is 5.95 Å². The Morgan fingerprint density at radius 2 is 1.68 bits per heavy atom. The Labute approximate surface area is 151 Å². The second-order valence-electron chi connectivity index (χ2n) is 5.40. The van der Waals surface area contributed by atoms with Gasteiger partial charge >= 0.3 is 0 Å². The molecule has 0 atom stereocenters. The molecule has 0 bridgehead atoms. The van der Waals surface area contributed by atoms with Crippen LogP contribution in [0.2, 0.25) is 5.02 Å². The van der Waals surface area contributed by atoms with Gasteiger partial charge in [-0.05, 0) is 54.4 Å². The Balaban J connectivity index is 1.71. The number of carbonyl (C=O) groups excluding carboxylic acids is 1. The summed E-state index contributed by atoms with van der Waals surface area (Å²) in [4.78, 5) is 20.7. The molecule has 0 radical (unpaired) electrons. The number of hydrogen-bond acceptors (Lipinski definition) is 4. The number of aromatic nitrogens is 2. The number of aryl methyl sites for hydroxylation is 1. The highest BCUT2D eigenvalue weighted by atomic mass is 35.5. The first-order valence-corrected chi connectivity index (χ1v) is 8.28. The van der Waals surface area contributed by atoms with Crippen molar-refractivity contribution in [1.29, 1.82) is 0 Å². The van der Waals surface area contributed by atoms with Gasteiger partial charge in [0, 0.05) is 22.6 Å². The number of benzene rings is 2. The molecule has 0 aliphatic heterocycles. The molecule has 1 amide bonds. The zero-order valence-corrected chi connectivity index (χ0v) is 14.4. The molecule has 0 saturated heterocycles. The summed E-state index contributed by atoms with van der Waals surface area (Å²) < 4.78 is 0. The zero-order chi connectivity index (χ0) is 17.6. The van der Waals surface area contributed by atoms with Crippen LogP contribution in [0.1, 0.15) is 23.0 Å². The number of rotatable bonds is 5. The molecule has 25 heavy (non-hydrogen) atoms. The normalized spacial score (nSPS) is 10.3. The van der Waals surface area contributed by atoms with E-state index in [1.807, 2.05) is 24.3 Å². The number of carbonyl (C=O) groups is 1. The van der Waals surface area contributed by atoms with Crippen LogP contribution < -0.4 is 10.6 Å². The molecule has 6 heteroatoms. The topological polar surface area (TPSA) is 66.9 Å². The third kappa shape index (κ3) is 4.55. The Morgan fingerprint density at radius 1 is 1.00 bits per heavy atom. The van der Waals surface area contributed by atoms with Crippen molar-refractivity contribution in [3.63, 3.8) is 0 Å². The second-order valence-corrected chi connectivity index (χ2v) is 5.84. The highest BCUT2D eigenvalue weighted by Crippen LogP contribution is 2.16. The molecule has 0 aliphatic carbocycles. The predicted octanol–water partition coefficient (Wildman–Crippen LogP) is 4.69. The highest BCUT2D eigenvalue weighted by molar-refractivity contribution is 6.30. The van der Waals surface area contributed by atoms with Gasteiger partial charge in [0.25, 0.3) is 5.91 Å². The van der Waals surface area contributed by atoms with Crippen LogP contribution in [0.15, 0.2) is 60.8 Å². The van der Waals surface area contributed by atoms with Crippen LogP contribution in [0.4, 0.5) is 17.3 Å². The van der Waals surface area contributed by atoms with E-state index in [-0.39, 0.29) is 11.6 Å². The van der Waals surface area contributed by atoms with Gasteiger partial charge in [-0.25, -0.2) is 9.97 Å². The van der Waals surface area contributed by atoms with Crippen molar-refractivity contribution < 1.29 is 4.79 Å². The van der Waals surface area contributed by atoms with Crippen LogP contribution in [0.25, 0.3) is 0 Å². The summed E-state index contributed by atoms with van der Waals surface area (Å²) in [6.45, 7) is 2.11. The first-order chi connectivity index (χ1) is 12.1. The summed E-state index contributed by atoms with van der Waals surface area (Å²) in [5.74, 6) is 0.0575. The van der Waals surface area contributed by atoms with E-state index < -0.39 is 0 Å². The maximum absolute atomic E-state index is 12.3. The van der Waals surface area contributed by atoms with Crippen molar-refractivity contribution in [2.24, 2.45) is 0 Å². The van der Waals surface area contributed by atoms with E-state index in [1.54, 1.807) is 36.5 Å². The van der Waals surface area contributed by atoms with Crippen LogP contribution in [0.3, 0.4) is 0 Å². The first kappa shape index (κ1) is 16.9. The van der Waals surface area contributed by atoms with Gasteiger partial charge in [-0.1, -0.05) is 30.7 Å².